The predicted octanol–water partition coefficient (Wildman–Crippen LogP) is 4.33. The lowest BCUT2D eigenvalue weighted by molar-refractivity contribution is 0.00446. The molecule has 2 aliphatic rings. The first-order valence-electron chi connectivity index (χ1n) is 13.5. The number of pyridine rings is 1. The number of rotatable bonds is 8. The van der Waals surface area contributed by atoms with E-state index in [9.17, 15) is 15.3 Å². The zero-order valence-electron chi connectivity index (χ0n) is 22.3. The van der Waals surface area contributed by atoms with Crippen LogP contribution >= 0.6 is 11.3 Å². The number of nitrogens with zero attached hydrogens (tertiary/aromatic N) is 4. The van der Waals surface area contributed by atoms with Crippen molar-refractivity contribution in [2.45, 2.75) is 70.2 Å². The largest absolute Gasteiger partial charge is 0.396 e. The van der Waals surface area contributed by atoms with Gasteiger partial charge in [0.05, 0.1) is 39.8 Å². The molecule has 2 fully saturated rings. The zero-order chi connectivity index (χ0) is 27.3. The molecule has 0 radical (unpaired) electrons. The Hall–Kier alpha value is -3.18. The lowest BCUT2D eigenvalue weighted by atomic mass is 10.1. The van der Waals surface area contributed by atoms with Gasteiger partial charge < -0.3 is 26.0 Å². The molecule has 0 unspecified atom stereocenters. The summed E-state index contributed by atoms with van der Waals surface area (Å²) in [4.78, 5) is 19.3. The summed E-state index contributed by atoms with van der Waals surface area (Å²) in [5.41, 5.74) is 5.80. The highest BCUT2D eigenvalue weighted by molar-refractivity contribution is 7.21. The molecular formula is C29H34N6O3S. The first kappa shape index (κ1) is 26.1. The van der Waals surface area contributed by atoms with Gasteiger partial charge in [-0.05, 0) is 51.7 Å². The number of aryl methyl sites for hydroxylation is 2. The molecule has 0 saturated heterocycles. The normalized spacial score (nSPS) is 23.7. The van der Waals surface area contributed by atoms with E-state index < -0.39 is 24.2 Å². The van der Waals surface area contributed by atoms with Crippen molar-refractivity contribution in [1.29, 1.82) is 0 Å². The van der Waals surface area contributed by atoms with Crippen molar-refractivity contribution < 1.29 is 15.3 Å². The second-order valence-corrected chi connectivity index (χ2v) is 11.9. The maximum absolute atomic E-state index is 10.8. The van der Waals surface area contributed by atoms with Crippen LogP contribution in [-0.2, 0) is 0 Å². The van der Waals surface area contributed by atoms with E-state index in [4.69, 9.17) is 15.0 Å². The van der Waals surface area contributed by atoms with E-state index in [1.807, 2.05) is 19.2 Å². The van der Waals surface area contributed by atoms with Gasteiger partial charge in [0.1, 0.15) is 22.4 Å². The molecule has 3 heterocycles. The standard InChI is InChI=1S/C29H34N6O3S/c1-14-4-6-17(7-5-14)15(2)31-29-32-16(3)22(27(35-29)33-20-12-19(13-36)25(37)26(20)38)28-34-24-21(39-28)10-11-30-23(24)18-8-9-18/h4-7,10-11,15,18-20,25-26,36-38H,8-9,12-13H2,1-3H3,(H2,31,32,33,35)/t15-,19-,20-,25-,26+/m1/s1. The summed E-state index contributed by atoms with van der Waals surface area (Å²) >= 11 is 1.58. The van der Waals surface area contributed by atoms with Crippen LogP contribution in [0.5, 0.6) is 0 Å². The second-order valence-electron chi connectivity index (χ2n) is 10.9. The summed E-state index contributed by atoms with van der Waals surface area (Å²) in [5, 5.41) is 38.5. The van der Waals surface area contributed by atoms with Gasteiger partial charge in [-0.1, -0.05) is 29.8 Å². The van der Waals surface area contributed by atoms with Gasteiger partial charge in [0.25, 0.3) is 0 Å². The Morgan fingerprint density at radius 2 is 1.79 bits per heavy atom. The van der Waals surface area contributed by atoms with Gasteiger partial charge in [-0.2, -0.15) is 4.98 Å². The van der Waals surface area contributed by atoms with Crippen molar-refractivity contribution in [3.05, 3.63) is 59.0 Å². The third kappa shape index (κ3) is 5.09. The first-order chi connectivity index (χ1) is 18.8. The Balaban J connectivity index is 1.39. The van der Waals surface area contributed by atoms with Gasteiger partial charge in [0.2, 0.25) is 5.95 Å². The maximum atomic E-state index is 10.8. The van der Waals surface area contributed by atoms with E-state index in [-0.39, 0.29) is 12.6 Å². The van der Waals surface area contributed by atoms with Crippen LogP contribution in [0.25, 0.3) is 20.8 Å². The Kier molecular flexibility index (Phi) is 6.96. The molecule has 2 saturated carbocycles. The molecule has 5 atom stereocenters. The summed E-state index contributed by atoms with van der Waals surface area (Å²) in [6.07, 6.45) is 2.51. The van der Waals surface area contributed by atoms with Gasteiger partial charge >= 0.3 is 0 Å². The quantitative estimate of drug-likeness (QED) is 0.219. The van der Waals surface area contributed by atoms with Crippen LogP contribution in [0.15, 0.2) is 36.5 Å². The van der Waals surface area contributed by atoms with Crippen LogP contribution in [0.2, 0.25) is 0 Å². The van der Waals surface area contributed by atoms with Gasteiger partial charge in [-0.25, -0.2) is 9.97 Å². The third-order valence-corrected chi connectivity index (χ3v) is 8.92. The van der Waals surface area contributed by atoms with Crippen LogP contribution in [-0.4, -0.2) is 60.1 Å². The lowest BCUT2D eigenvalue weighted by Gasteiger charge is -2.22. The first-order valence-corrected chi connectivity index (χ1v) is 14.3. The maximum Gasteiger partial charge on any atom is 0.225 e. The summed E-state index contributed by atoms with van der Waals surface area (Å²) in [6, 6.07) is 9.82. The minimum Gasteiger partial charge on any atom is -0.396 e. The molecule has 0 aliphatic heterocycles. The van der Waals surface area contributed by atoms with Gasteiger partial charge in [0, 0.05) is 24.6 Å². The number of thiazole rings is 1. The summed E-state index contributed by atoms with van der Waals surface area (Å²) in [7, 11) is 0. The summed E-state index contributed by atoms with van der Waals surface area (Å²) in [5.74, 6) is 1.06. The van der Waals surface area contributed by atoms with E-state index in [1.54, 1.807) is 11.3 Å². The number of hydrogen-bond acceptors (Lipinski definition) is 10. The number of hydrogen-bond donors (Lipinski definition) is 5. The number of fused-ring (bicyclic) bond motifs is 1. The van der Waals surface area contributed by atoms with Gasteiger partial charge in [0.15, 0.2) is 0 Å². The predicted molar refractivity (Wildman–Crippen MR) is 153 cm³/mol. The monoisotopic (exact) mass is 546 g/mol. The number of aromatic nitrogens is 4. The van der Waals surface area contributed by atoms with Gasteiger partial charge in [-0.3, -0.25) is 4.98 Å². The van der Waals surface area contributed by atoms with E-state index in [0.717, 1.165) is 50.6 Å². The van der Waals surface area contributed by atoms with Crippen molar-refractivity contribution in [2.24, 2.45) is 5.92 Å². The molecule has 1 aromatic carbocycles. The number of benzene rings is 1. The van der Waals surface area contributed by atoms with Gasteiger partial charge in [-0.15, -0.1) is 11.3 Å². The fourth-order valence-electron chi connectivity index (χ4n) is 5.39. The number of aliphatic hydroxyl groups excluding tert-OH is 3. The highest BCUT2D eigenvalue weighted by Crippen LogP contribution is 2.44. The molecular weight excluding hydrogens is 512 g/mol. The minimum atomic E-state index is -1.03. The topological polar surface area (TPSA) is 136 Å². The Bertz CT molecular complexity index is 1490. The van der Waals surface area contributed by atoms with E-state index >= 15 is 0 Å². The van der Waals surface area contributed by atoms with E-state index in [0.29, 0.717) is 24.1 Å². The van der Waals surface area contributed by atoms with Crippen molar-refractivity contribution in [3.8, 4) is 10.6 Å². The van der Waals surface area contributed by atoms with Crippen LogP contribution in [0, 0.1) is 19.8 Å². The SMILES string of the molecule is Cc1ccc([C@@H](C)Nc2nc(C)c(-c3nc4c(C5CC5)nccc4s3)c(N[C@@H]3C[C@H](CO)[C@@H](O)[C@H]3O)n2)cc1. The van der Waals surface area contributed by atoms with Crippen LogP contribution in [0.3, 0.4) is 0 Å². The molecule has 6 rings (SSSR count). The molecule has 0 amide bonds. The molecule has 2 aliphatic carbocycles. The summed E-state index contributed by atoms with van der Waals surface area (Å²) < 4.78 is 1.07. The average Bonchev–Trinajstić information content (AvgIpc) is 3.62. The molecule has 3 aromatic heterocycles. The van der Waals surface area contributed by atoms with Crippen molar-refractivity contribution >= 4 is 33.3 Å². The van der Waals surface area contributed by atoms with Crippen LogP contribution < -0.4 is 10.6 Å². The molecule has 0 spiro atoms. The van der Waals surface area contributed by atoms with E-state index in [1.165, 1.54) is 5.56 Å². The van der Waals surface area contributed by atoms with Crippen molar-refractivity contribution in [1.82, 2.24) is 19.9 Å². The van der Waals surface area contributed by atoms with Crippen molar-refractivity contribution in [3.63, 3.8) is 0 Å². The summed E-state index contributed by atoms with van der Waals surface area (Å²) in [6.45, 7) is 5.87. The average molecular weight is 547 g/mol. The lowest BCUT2D eigenvalue weighted by Crippen LogP contribution is -2.35. The van der Waals surface area contributed by atoms with Crippen LogP contribution in [0.4, 0.5) is 11.8 Å². The molecule has 5 N–H and O–H groups in total. The Morgan fingerprint density at radius 3 is 2.49 bits per heavy atom. The number of anilines is 2. The highest BCUT2D eigenvalue weighted by Gasteiger charge is 2.41. The highest BCUT2D eigenvalue weighted by atomic mass is 32.1. The molecule has 0 bridgehead atoms. The zero-order valence-corrected chi connectivity index (χ0v) is 23.1. The number of aliphatic hydroxyl groups is 3. The fourth-order valence-corrected chi connectivity index (χ4v) is 6.46. The van der Waals surface area contributed by atoms with Crippen molar-refractivity contribution in [2.75, 3.05) is 17.2 Å². The number of nitrogens with one attached hydrogen (secondary N) is 2. The molecule has 39 heavy (non-hydrogen) atoms. The Morgan fingerprint density at radius 1 is 1.03 bits per heavy atom. The molecule has 9 nitrogen and oxygen atoms in total. The molecule has 204 valence electrons. The second kappa shape index (κ2) is 10.4. The van der Waals surface area contributed by atoms with E-state index in [2.05, 4.69) is 53.7 Å². The smallest absolute Gasteiger partial charge is 0.225 e. The fraction of sp³-hybridized carbons (Fsp3) is 0.448. The molecule has 4 aromatic rings. The Labute approximate surface area is 231 Å². The van der Waals surface area contributed by atoms with Crippen LogP contribution in [0.1, 0.15) is 60.7 Å². The molecule has 10 heteroatoms. The minimum absolute atomic E-state index is 0.0315. The third-order valence-electron chi connectivity index (χ3n) is 7.88.